The van der Waals surface area contributed by atoms with Crippen molar-refractivity contribution in [3.05, 3.63) is 62.0 Å². The topological polar surface area (TPSA) is 85.1 Å². The number of nitrogens with zero attached hydrogens (tertiary/aromatic N) is 2. The summed E-state index contributed by atoms with van der Waals surface area (Å²) in [5.41, 5.74) is -0.0402. The highest BCUT2D eigenvalue weighted by Gasteiger charge is 2.16. The van der Waals surface area contributed by atoms with E-state index in [1.807, 2.05) is 0 Å². The Labute approximate surface area is 127 Å². The summed E-state index contributed by atoms with van der Waals surface area (Å²) >= 11 is 3.27. The molecule has 0 unspecified atom stereocenters. The number of non-ortho nitro benzene ring substituents is 1. The average molecular weight is 354 g/mol. The van der Waals surface area contributed by atoms with Gasteiger partial charge in [0.05, 0.1) is 22.2 Å². The maximum absolute atomic E-state index is 13.7. The van der Waals surface area contributed by atoms with Gasteiger partial charge in [0.25, 0.3) is 11.6 Å². The number of rotatable bonds is 3. The Kier molecular flexibility index (Phi) is 4.27. The van der Waals surface area contributed by atoms with Crippen LogP contribution in [0.1, 0.15) is 16.1 Å². The Hall–Kier alpha value is -2.35. The van der Waals surface area contributed by atoms with Gasteiger partial charge in [0.1, 0.15) is 11.6 Å². The molecule has 21 heavy (non-hydrogen) atoms. The number of hydrogen-bond acceptors (Lipinski definition) is 4. The molecule has 0 aliphatic rings. The van der Waals surface area contributed by atoms with Crippen LogP contribution in [0.3, 0.4) is 0 Å². The molecule has 0 saturated carbocycles. The molecule has 0 atom stereocenters. The largest absolute Gasteiger partial charge is 0.306 e. The highest BCUT2D eigenvalue weighted by atomic mass is 79.9. The lowest BCUT2D eigenvalue weighted by molar-refractivity contribution is -0.385. The molecule has 1 aromatic heterocycles. The lowest BCUT2D eigenvalue weighted by Crippen LogP contribution is -2.15. The fourth-order valence-electron chi connectivity index (χ4n) is 1.60. The molecule has 0 saturated heterocycles. The zero-order valence-corrected chi connectivity index (χ0v) is 12.3. The molecule has 8 heteroatoms. The molecule has 2 rings (SSSR count). The van der Waals surface area contributed by atoms with Gasteiger partial charge in [0.2, 0.25) is 0 Å². The van der Waals surface area contributed by atoms with Gasteiger partial charge < -0.3 is 5.32 Å². The predicted octanol–water partition coefficient (Wildman–Crippen LogP) is 3.45. The Morgan fingerprint density at radius 1 is 1.38 bits per heavy atom. The molecule has 0 spiro atoms. The van der Waals surface area contributed by atoms with Gasteiger partial charge in [-0.15, -0.1) is 0 Å². The minimum atomic E-state index is -0.962. The molecular weight excluding hydrogens is 345 g/mol. The van der Waals surface area contributed by atoms with Crippen molar-refractivity contribution in [2.24, 2.45) is 0 Å². The third-order valence-corrected chi connectivity index (χ3v) is 3.51. The summed E-state index contributed by atoms with van der Waals surface area (Å²) in [4.78, 5) is 25.8. The third kappa shape index (κ3) is 3.40. The van der Waals surface area contributed by atoms with Gasteiger partial charge in [-0.25, -0.2) is 9.37 Å². The second kappa shape index (κ2) is 5.96. The van der Waals surface area contributed by atoms with E-state index in [2.05, 4.69) is 26.2 Å². The number of nitro benzene ring substituents is 1. The Balaban J connectivity index is 2.24. The van der Waals surface area contributed by atoms with Gasteiger partial charge in [-0.05, 0) is 41.1 Å². The van der Waals surface area contributed by atoms with Crippen molar-refractivity contribution in [1.29, 1.82) is 0 Å². The van der Waals surface area contributed by atoms with Crippen LogP contribution in [-0.2, 0) is 0 Å². The first-order valence-electron chi connectivity index (χ1n) is 5.77. The molecule has 0 bridgehead atoms. The van der Waals surface area contributed by atoms with Crippen LogP contribution in [0.15, 0.2) is 34.8 Å². The summed E-state index contributed by atoms with van der Waals surface area (Å²) in [6.07, 6.45) is 0. The number of amides is 1. The van der Waals surface area contributed by atoms with E-state index in [0.717, 1.165) is 16.6 Å². The van der Waals surface area contributed by atoms with Gasteiger partial charge in [0.15, 0.2) is 0 Å². The molecule has 0 fully saturated rings. The lowest BCUT2D eigenvalue weighted by Gasteiger charge is -2.07. The number of anilines is 1. The van der Waals surface area contributed by atoms with Gasteiger partial charge in [-0.1, -0.05) is 0 Å². The Bertz CT molecular complexity index is 737. The van der Waals surface area contributed by atoms with E-state index in [-0.39, 0.29) is 11.4 Å². The quantitative estimate of drug-likeness (QED) is 0.676. The number of nitrogens with one attached hydrogen (secondary N) is 1. The van der Waals surface area contributed by atoms with Gasteiger partial charge >= 0.3 is 0 Å². The first-order chi connectivity index (χ1) is 9.88. The molecule has 108 valence electrons. The first kappa shape index (κ1) is 15.0. The van der Waals surface area contributed by atoms with E-state index in [0.29, 0.717) is 11.8 Å². The fourth-order valence-corrected chi connectivity index (χ4v) is 1.82. The van der Waals surface area contributed by atoms with Crippen molar-refractivity contribution < 1.29 is 14.1 Å². The number of aryl methyl sites for hydroxylation is 1. The van der Waals surface area contributed by atoms with Crippen molar-refractivity contribution in [2.45, 2.75) is 6.92 Å². The number of pyridine rings is 1. The van der Waals surface area contributed by atoms with Crippen molar-refractivity contribution in [1.82, 2.24) is 4.98 Å². The number of aromatic nitrogens is 1. The van der Waals surface area contributed by atoms with Crippen LogP contribution in [-0.4, -0.2) is 15.8 Å². The maximum atomic E-state index is 13.7. The molecule has 1 aromatic carbocycles. The summed E-state index contributed by atoms with van der Waals surface area (Å²) in [5, 5.41) is 13.0. The smallest absolute Gasteiger partial charge is 0.272 e. The van der Waals surface area contributed by atoms with E-state index in [1.165, 1.54) is 0 Å². The zero-order valence-electron chi connectivity index (χ0n) is 10.8. The minimum absolute atomic E-state index is 0.262. The monoisotopic (exact) mass is 353 g/mol. The average Bonchev–Trinajstić information content (AvgIpc) is 2.42. The molecule has 0 aliphatic carbocycles. The number of nitro groups is 1. The van der Waals surface area contributed by atoms with Crippen LogP contribution in [0.25, 0.3) is 0 Å². The molecular formula is C13H9BrFN3O3. The number of carbonyl (C=O) groups excluding carboxylic acids is 1. The second-order valence-corrected chi connectivity index (χ2v) is 4.99. The van der Waals surface area contributed by atoms with E-state index in [1.54, 1.807) is 19.1 Å². The second-order valence-electron chi connectivity index (χ2n) is 4.14. The minimum Gasteiger partial charge on any atom is -0.306 e. The van der Waals surface area contributed by atoms with Gasteiger partial charge in [-0.2, -0.15) is 0 Å². The van der Waals surface area contributed by atoms with Crippen molar-refractivity contribution in [3.8, 4) is 0 Å². The van der Waals surface area contributed by atoms with E-state index >= 15 is 0 Å². The van der Waals surface area contributed by atoms with Gasteiger partial charge in [-0.3, -0.25) is 14.9 Å². The summed E-state index contributed by atoms with van der Waals surface area (Å²) in [5.74, 6) is -1.43. The summed E-state index contributed by atoms with van der Waals surface area (Å²) in [6, 6.07) is 6.09. The van der Waals surface area contributed by atoms with Crippen molar-refractivity contribution >= 4 is 33.3 Å². The SMILES string of the molecule is Cc1nc(NC(=O)c2ccc([N+](=O)[O-])cc2F)ccc1Br. The van der Waals surface area contributed by atoms with E-state index in [9.17, 15) is 19.3 Å². The van der Waals surface area contributed by atoms with Crippen LogP contribution in [0, 0.1) is 22.9 Å². The summed E-state index contributed by atoms with van der Waals surface area (Å²) in [6.45, 7) is 1.74. The van der Waals surface area contributed by atoms with E-state index < -0.39 is 22.3 Å². The molecule has 2 aromatic rings. The van der Waals surface area contributed by atoms with Crippen LogP contribution in [0.4, 0.5) is 15.9 Å². The number of halogens is 2. The normalized spacial score (nSPS) is 10.2. The summed E-state index contributed by atoms with van der Waals surface area (Å²) in [7, 11) is 0. The summed E-state index contributed by atoms with van der Waals surface area (Å²) < 4.78 is 14.5. The Morgan fingerprint density at radius 2 is 2.10 bits per heavy atom. The lowest BCUT2D eigenvalue weighted by atomic mass is 10.2. The van der Waals surface area contributed by atoms with Gasteiger partial charge in [0, 0.05) is 10.5 Å². The fraction of sp³-hybridized carbons (Fsp3) is 0.0769. The van der Waals surface area contributed by atoms with Crippen LogP contribution in [0.2, 0.25) is 0 Å². The molecule has 1 N–H and O–H groups in total. The first-order valence-corrected chi connectivity index (χ1v) is 6.56. The van der Waals surface area contributed by atoms with Crippen molar-refractivity contribution in [2.75, 3.05) is 5.32 Å². The van der Waals surface area contributed by atoms with E-state index in [4.69, 9.17) is 0 Å². The molecule has 6 nitrogen and oxygen atoms in total. The highest BCUT2D eigenvalue weighted by Crippen LogP contribution is 2.19. The van der Waals surface area contributed by atoms with Crippen molar-refractivity contribution in [3.63, 3.8) is 0 Å². The highest BCUT2D eigenvalue weighted by molar-refractivity contribution is 9.10. The van der Waals surface area contributed by atoms with Crippen LogP contribution < -0.4 is 5.32 Å². The number of hydrogen-bond donors (Lipinski definition) is 1. The zero-order chi connectivity index (χ0) is 15.6. The van der Waals surface area contributed by atoms with Crippen LogP contribution >= 0.6 is 15.9 Å². The van der Waals surface area contributed by atoms with Crippen LogP contribution in [0.5, 0.6) is 0 Å². The molecule has 1 heterocycles. The Morgan fingerprint density at radius 3 is 2.67 bits per heavy atom. The molecule has 0 radical (unpaired) electrons. The number of carbonyl (C=O) groups is 1. The standard InChI is InChI=1S/C13H9BrFN3O3/c1-7-10(14)4-5-12(16-7)17-13(19)9-3-2-8(18(20)21)6-11(9)15/h2-6H,1H3,(H,16,17,19). The molecule has 0 aliphatic heterocycles. The third-order valence-electron chi connectivity index (χ3n) is 2.67. The molecule has 1 amide bonds. The predicted molar refractivity (Wildman–Crippen MR) is 77.7 cm³/mol. The number of benzene rings is 1. The maximum Gasteiger partial charge on any atom is 0.272 e.